The van der Waals surface area contributed by atoms with E-state index in [2.05, 4.69) is 15.5 Å². The van der Waals surface area contributed by atoms with Crippen molar-refractivity contribution in [2.75, 3.05) is 6.54 Å². The van der Waals surface area contributed by atoms with Crippen molar-refractivity contribution in [3.05, 3.63) is 11.7 Å². The van der Waals surface area contributed by atoms with Crippen LogP contribution in [0.1, 0.15) is 37.4 Å². The van der Waals surface area contributed by atoms with Gasteiger partial charge in [-0.05, 0) is 25.7 Å². The molecule has 0 radical (unpaired) electrons. The first-order valence-corrected chi connectivity index (χ1v) is 6.02. The molecule has 1 saturated carbocycles. The molecule has 5 nitrogen and oxygen atoms in total. The average Bonchev–Trinajstić information content (AvgIpc) is 2.67. The second kappa shape index (κ2) is 5.41. The van der Waals surface area contributed by atoms with Crippen molar-refractivity contribution in [2.45, 2.75) is 51.1 Å². The molecule has 1 aromatic heterocycles. The van der Waals surface area contributed by atoms with E-state index in [1.807, 2.05) is 6.92 Å². The molecule has 3 N–H and O–H groups in total. The summed E-state index contributed by atoms with van der Waals surface area (Å²) < 4.78 is 4.92. The van der Waals surface area contributed by atoms with Crippen LogP contribution in [0.5, 0.6) is 0 Å². The van der Waals surface area contributed by atoms with E-state index in [-0.39, 0.29) is 0 Å². The quantitative estimate of drug-likeness (QED) is 0.790. The topological polar surface area (TPSA) is 77.0 Å². The van der Waals surface area contributed by atoms with Gasteiger partial charge in [-0.2, -0.15) is 4.98 Å². The number of rotatable bonds is 4. The molecule has 2 rings (SSSR count). The Kier molecular flexibility index (Phi) is 3.90. The molecular formula is C11H20N4O. The zero-order chi connectivity index (χ0) is 11.4. The molecule has 1 fully saturated rings. The molecule has 1 aromatic rings. The number of nitrogens with one attached hydrogen (secondary N) is 1. The highest BCUT2D eigenvalue weighted by Gasteiger charge is 2.17. The molecule has 1 heterocycles. The minimum Gasteiger partial charge on any atom is -0.340 e. The molecule has 0 aromatic carbocycles. The Morgan fingerprint density at radius 1 is 1.38 bits per heavy atom. The number of nitrogens with two attached hydrogens (primary N) is 1. The Morgan fingerprint density at radius 2 is 2.12 bits per heavy atom. The van der Waals surface area contributed by atoms with Gasteiger partial charge >= 0.3 is 0 Å². The molecule has 0 aliphatic heterocycles. The van der Waals surface area contributed by atoms with Crippen molar-refractivity contribution in [3.63, 3.8) is 0 Å². The second-order valence-corrected chi connectivity index (χ2v) is 4.55. The first-order chi connectivity index (χ1) is 7.74. The lowest BCUT2D eigenvalue weighted by molar-refractivity contribution is 0.342. The van der Waals surface area contributed by atoms with Crippen LogP contribution in [0.3, 0.4) is 0 Å². The minimum atomic E-state index is 0.415. The third-order valence-corrected chi connectivity index (χ3v) is 3.12. The van der Waals surface area contributed by atoms with Gasteiger partial charge in [-0.1, -0.05) is 5.16 Å². The van der Waals surface area contributed by atoms with Gasteiger partial charge in [0.1, 0.15) is 0 Å². The predicted octanol–water partition coefficient (Wildman–Crippen LogP) is 0.780. The highest BCUT2D eigenvalue weighted by molar-refractivity contribution is 4.86. The zero-order valence-electron chi connectivity index (χ0n) is 9.78. The van der Waals surface area contributed by atoms with Gasteiger partial charge in [0.25, 0.3) is 0 Å². The van der Waals surface area contributed by atoms with E-state index in [4.69, 9.17) is 10.3 Å². The summed E-state index contributed by atoms with van der Waals surface area (Å²) in [6, 6.07) is 1.03. The largest absolute Gasteiger partial charge is 0.340 e. The lowest BCUT2D eigenvalue weighted by Crippen LogP contribution is -2.38. The predicted molar refractivity (Wildman–Crippen MR) is 61.0 cm³/mol. The Bertz CT molecular complexity index is 318. The van der Waals surface area contributed by atoms with E-state index in [0.717, 1.165) is 31.6 Å². The van der Waals surface area contributed by atoms with Crippen molar-refractivity contribution >= 4 is 0 Å². The van der Waals surface area contributed by atoms with Crippen LogP contribution in [-0.4, -0.2) is 28.8 Å². The first-order valence-electron chi connectivity index (χ1n) is 6.02. The van der Waals surface area contributed by atoms with Gasteiger partial charge < -0.3 is 15.6 Å². The summed E-state index contributed by atoms with van der Waals surface area (Å²) in [6.45, 7) is 2.73. The lowest BCUT2D eigenvalue weighted by atomic mass is 9.92. The summed E-state index contributed by atoms with van der Waals surface area (Å²) in [6.07, 6.45) is 5.48. The summed E-state index contributed by atoms with van der Waals surface area (Å²) in [4.78, 5) is 4.17. The highest BCUT2D eigenvalue weighted by atomic mass is 16.5. The SMILES string of the molecule is Cc1nc(CCNC2CCC(N)CC2)no1. The Hall–Kier alpha value is -0.940. The van der Waals surface area contributed by atoms with E-state index in [9.17, 15) is 0 Å². The van der Waals surface area contributed by atoms with Crippen LogP contribution >= 0.6 is 0 Å². The fourth-order valence-electron chi connectivity index (χ4n) is 2.15. The maximum atomic E-state index is 5.86. The van der Waals surface area contributed by atoms with Crippen LogP contribution in [0.25, 0.3) is 0 Å². The van der Waals surface area contributed by atoms with Gasteiger partial charge in [0.15, 0.2) is 5.82 Å². The van der Waals surface area contributed by atoms with Gasteiger partial charge in [-0.25, -0.2) is 0 Å². The molecule has 1 aliphatic rings. The fourth-order valence-corrected chi connectivity index (χ4v) is 2.15. The molecule has 0 saturated heterocycles. The summed E-state index contributed by atoms with van der Waals surface area (Å²) >= 11 is 0. The maximum Gasteiger partial charge on any atom is 0.223 e. The molecule has 5 heteroatoms. The van der Waals surface area contributed by atoms with Crippen LogP contribution in [0.15, 0.2) is 4.52 Å². The van der Waals surface area contributed by atoms with Gasteiger partial charge in [-0.15, -0.1) is 0 Å². The van der Waals surface area contributed by atoms with Crippen molar-refractivity contribution < 1.29 is 4.52 Å². The van der Waals surface area contributed by atoms with Crippen molar-refractivity contribution in [1.29, 1.82) is 0 Å². The molecule has 0 amide bonds. The third-order valence-electron chi connectivity index (χ3n) is 3.12. The van der Waals surface area contributed by atoms with Gasteiger partial charge in [0, 0.05) is 32.0 Å². The Labute approximate surface area is 95.8 Å². The lowest BCUT2D eigenvalue weighted by Gasteiger charge is -2.26. The smallest absolute Gasteiger partial charge is 0.223 e. The summed E-state index contributed by atoms with van der Waals surface area (Å²) in [5.41, 5.74) is 5.86. The number of aromatic nitrogens is 2. The molecule has 1 aliphatic carbocycles. The molecule has 16 heavy (non-hydrogen) atoms. The van der Waals surface area contributed by atoms with Crippen LogP contribution in [0.2, 0.25) is 0 Å². The van der Waals surface area contributed by atoms with Crippen molar-refractivity contribution in [1.82, 2.24) is 15.5 Å². The van der Waals surface area contributed by atoms with E-state index in [1.165, 1.54) is 12.8 Å². The van der Waals surface area contributed by atoms with Crippen LogP contribution in [-0.2, 0) is 6.42 Å². The van der Waals surface area contributed by atoms with E-state index in [0.29, 0.717) is 18.0 Å². The number of aryl methyl sites for hydroxylation is 1. The standard InChI is InChI=1S/C11H20N4O/c1-8-14-11(15-16-8)6-7-13-10-4-2-9(12)3-5-10/h9-10,13H,2-7,12H2,1H3. The van der Waals surface area contributed by atoms with Gasteiger partial charge in [-0.3, -0.25) is 0 Å². The molecule has 90 valence electrons. The molecule has 0 atom stereocenters. The third kappa shape index (κ3) is 3.28. The van der Waals surface area contributed by atoms with E-state index >= 15 is 0 Å². The summed E-state index contributed by atoms with van der Waals surface area (Å²) in [5.74, 6) is 1.43. The first kappa shape index (κ1) is 11.5. The summed E-state index contributed by atoms with van der Waals surface area (Å²) in [5, 5.41) is 7.39. The van der Waals surface area contributed by atoms with Crippen LogP contribution < -0.4 is 11.1 Å². The van der Waals surface area contributed by atoms with Gasteiger partial charge in [0.05, 0.1) is 0 Å². The molecule has 0 spiro atoms. The maximum absolute atomic E-state index is 5.86. The monoisotopic (exact) mass is 224 g/mol. The molecular weight excluding hydrogens is 204 g/mol. The minimum absolute atomic E-state index is 0.415. The zero-order valence-corrected chi connectivity index (χ0v) is 9.78. The van der Waals surface area contributed by atoms with Crippen molar-refractivity contribution in [2.24, 2.45) is 5.73 Å². The van der Waals surface area contributed by atoms with Crippen LogP contribution in [0.4, 0.5) is 0 Å². The second-order valence-electron chi connectivity index (χ2n) is 4.55. The fraction of sp³-hybridized carbons (Fsp3) is 0.818. The summed E-state index contributed by atoms with van der Waals surface area (Å²) in [7, 11) is 0. The normalized spacial score (nSPS) is 25.9. The highest BCUT2D eigenvalue weighted by Crippen LogP contribution is 2.16. The Balaban J connectivity index is 1.64. The number of hydrogen-bond acceptors (Lipinski definition) is 5. The number of nitrogens with zero attached hydrogens (tertiary/aromatic N) is 2. The molecule has 0 bridgehead atoms. The van der Waals surface area contributed by atoms with Gasteiger partial charge in [0.2, 0.25) is 5.89 Å². The Morgan fingerprint density at radius 3 is 2.75 bits per heavy atom. The average molecular weight is 224 g/mol. The van der Waals surface area contributed by atoms with Crippen molar-refractivity contribution in [3.8, 4) is 0 Å². The molecule has 0 unspecified atom stereocenters. The van der Waals surface area contributed by atoms with E-state index in [1.54, 1.807) is 0 Å². The number of hydrogen-bond donors (Lipinski definition) is 2. The van der Waals surface area contributed by atoms with Crippen LogP contribution in [0, 0.1) is 6.92 Å². The van der Waals surface area contributed by atoms with E-state index < -0.39 is 0 Å².